The number of carboxylic acid groups (broad SMARTS) is 1. The summed E-state index contributed by atoms with van der Waals surface area (Å²) in [7, 11) is 0. The molecule has 0 atom stereocenters. The van der Waals surface area contributed by atoms with E-state index in [0.29, 0.717) is 17.4 Å². The van der Waals surface area contributed by atoms with E-state index in [9.17, 15) is 4.79 Å². The molecular formula is C16H22O2. The molecule has 0 fully saturated rings. The molecule has 98 valence electrons. The molecule has 1 aromatic carbocycles. The third-order valence-electron chi connectivity index (χ3n) is 3.11. The summed E-state index contributed by atoms with van der Waals surface area (Å²) in [5.74, 6) is 0.00953. The van der Waals surface area contributed by atoms with Crippen molar-refractivity contribution < 1.29 is 9.90 Å². The van der Waals surface area contributed by atoms with E-state index >= 15 is 0 Å². The van der Waals surface area contributed by atoms with E-state index in [1.54, 1.807) is 13.0 Å². The van der Waals surface area contributed by atoms with Gasteiger partial charge < -0.3 is 5.11 Å². The number of hydrogen-bond acceptors (Lipinski definition) is 1. The molecule has 0 saturated carbocycles. The maximum absolute atomic E-state index is 10.9. The highest BCUT2D eigenvalue weighted by molar-refractivity contribution is 5.91. The van der Waals surface area contributed by atoms with Crippen LogP contribution in [-0.2, 0) is 4.79 Å². The zero-order valence-electron chi connectivity index (χ0n) is 11.8. The van der Waals surface area contributed by atoms with Gasteiger partial charge in [-0.25, -0.2) is 4.79 Å². The fraction of sp³-hybridized carbons (Fsp3) is 0.438. The van der Waals surface area contributed by atoms with Crippen molar-refractivity contribution in [3.63, 3.8) is 0 Å². The fourth-order valence-electron chi connectivity index (χ4n) is 1.88. The predicted octanol–water partition coefficient (Wildman–Crippen LogP) is 4.42. The zero-order valence-corrected chi connectivity index (χ0v) is 11.8. The molecule has 0 radical (unpaired) electrons. The van der Waals surface area contributed by atoms with Crippen molar-refractivity contribution in [3.05, 3.63) is 40.5 Å². The van der Waals surface area contributed by atoms with E-state index in [1.165, 1.54) is 11.1 Å². The Morgan fingerprint density at radius 1 is 1.17 bits per heavy atom. The van der Waals surface area contributed by atoms with Crippen molar-refractivity contribution in [1.82, 2.24) is 0 Å². The van der Waals surface area contributed by atoms with Crippen LogP contribution in [0, 0.1) is 0 Å². The summed E-state index contributed by atoms with van der Waals surface area (Å²) in [6, 6.07) is 6.30. The summed E-state index contributed by atoms with van der Waals surface area (Å²) in [5, 5.41) is 8.95. The lowest BCUT2D eigenvalue weighted by atomic mass is 9.91. The minimum Gasteiger partial charge on any atom is -0.478 e. The van der Waals surface area contributed by atoms with Crippen molar-refractivity contribution in [2.24, 2.45) is 0 Å². The van der Waals surface area contributed by atoms with Crippen LogP contribution in [-0.4, -0.2) is 11.1 Å². The Kier molecular flexibility index (Phi) is 4.71. The first-order chi connectivity index (χ1) is 8.32. The highest BCUT2D eigenvalue weighted by atomic mass is 16.4. The first kappa shape index (κ1) is 14.5. The molecule has 0 heterocycles. The molecule has 0 bridgehead atoms. The number of aliphatic carboxylic acids is 1. The van der Waals surface area contributed by atoms with Crippen LogP contribution in [0.2, 0.25) is 0 Å². The van der Waals surface area contributed by atoms with Crippen molar-refractivity contribution >= 4 is 12.0 Å². The normalized spacial score (nSPS) is 12.3. The molecule has 0 spiro atoms. The fourth-order valence-corrected chi connectivity index (χ4v) is 1.88. The summed E-state index contributed by atoms with van der Waals surface area (Å²) in [4.78, 5) is 10.9. The van der Waals surface area contributed by atoms with Crippen molar-refractivity contribution in [2.75, 3.05) is 0 Å². The Morgan fingerprint density at radius 2 is 1.78 bits per heavy atom. The topological polar surface area (TPSA) is 37.3 Å². The van der Waals surface area contributed by atoms with Crippen LogP contribution in [0.25, 0.3) is 6.08 Å². The van der Waals surface area contributed by atoms with Gasteiger partial charge >= 0.3 is 5.97 Å². The van der Waals surface area contributed by atoms with Gasteiger partial charge in [0.15, 0.2) is 0 Å². The lowest BCUT2D eigenvalue weighted by Gasteiger charge is -2.14. The molecule has 0 aromatic heterocycles. The van der Waals surface area contributed by atoms with Crippen LogP contribution < -0.4 is 0 Å². The minimum atomic E-state index is -0.863. The third kappa shape index (κ3) is 3.46. The van der Waals surface area contributed by atoms with Crippen LogP contribution in [0.5, 0.6) is 0 Å². The van der Waals surface area contributed by atoms with E-state index in [0.717, 1.165) is 5.56 Å². The molecule has 2 heteroatoms. The molecule has 0 unspecified atom stereocenters. The van der Waals surface area contributed by atoms with E-state index in [1.807, 2.05) is 6.07 Å². The minimum absolute atomic E-state index is 0.370. The molecule has 0 amide bonds. The van der Waals surface area contributed by atoms with Crippen LogP contribution >= 0.6 is 0 Å². The number of carboxylic acids is 1. The van der Waals surface area contributed by atoms with Gasteiger partial charge in [-0.1, -0.05) is 45.9 Å². The quantitative estimate of drug-likeness (QED) is 0.798. The van der Waals surface area contributed by atoms with E-state index in [-0.39, 0.29) is 0 Å². The average Bonchev–Trinajstić information content (AvgIpc) is 2.28. The molecule has 1 rings (SSSR count). The molecule has 0 aliphatic carbocycles. The Labute approximate surface area is 109 Å². The lowest BCUT2D eigenvalue weighted by molar-refractivity contribution is -0.132. The number of benzene rings is 1. The smallest absolute Gasteiger partial charge is 0.331 e. The second-order valence-electron chi connectivity index (χ2n) is 5.33. The van der Waals surface area contributed by atoms with Gasteiger partial charge in [0.25, 0.3) is 0 Å². The van der Waals surface area contributed by atoms with Gasteiger partial charge in [0.2, 0.25) is 0 Å². The maximum Gasteiger partial charge on any atom is 0.331 e. The van der Waals surface area contributed by atoms with Gasteiger partial charge in [-0.05, 0) is 41.5 Å². The SMILES string of the molecule is C/C(=C\c1ccc(C(C)C)cc1C(C)C)C(=O)O. The molecule has 18 heavy (non-hydrogen) atoms. The Bertz CT molecular complexity index is 468. The molecule has 1 N–H and O–H groups in total. The van der Waals surface area contributed by atoms with Gasteiger partial charge in [0.05, 0.1) is 0 Å². The summed E-state index contributed by atoms with van der Waals surface area (Å²) >= 11 is 0. The molecule has 1 aromatic rings. The summed E-state index contributed by atoms with van der Waals surface area (Å²) < 4.78 is 0. The summed E-state index contributed by atoms with van der Waals surface area (Å²) in [5.41, 5.74) is 3.88. The first-order valence-electron chi connectivity index (χ1n) is 6.38. The third-order valence-corrected chi connectivity index (χ3v) is 3.11. The molecule has 0 saturated heterocycles. The van der Waals surface area contributed by atoms with Crippen LogP contribution in [0.3, 0.4) is 0 Å². The first-order valence-corrected chi connectivity index (χ1v) is 6.38. The van der Waals surface area contributed by atoms with Gasteiger partial charge in [0.1, 0.15) is 0 Å². The highest BCUT2D eigenvalue weighted by Crippen LogP contribution is 2.26. The molecule has 0 aliphatic rings. The Morgan fingerprint density at radius 3 is 2.22 bits per heavy atom. The summed E-state index contributed by atoms with van der Waals surface area (Å²) in [6.45, 7) is 10.2. The van der Waals surface area contributed by atoms with Crippen LogP contribution in [0.4, 0.5) is 0 Å². The lowest BCUT2D eigenvalue weighted by Crippen LogP contribution is -1.99. The largest absolute Gasteiger partial charge is 0.478 e. The highest BCUT2D eigenvalue weighted by Gasteiger charge is 2.09. The van der Waals surface area contributed by atoms with E-state index in [2.05, 4.69) is 39.8 Å². The average molecular weight is 246 g/mol. The second-order valence-corrected chi connectivity index (χ2v) is 5.33. The van der Waals surface area contributed by atoms with Crippen molar-refractivity contribution in [3.8, 4) is 0 Å². The van der Waals surface area contributed by atoms with Crippen LogP contribution in [0.15, 0.2) is 23.8 Å². The molecule has 0 aliphatic heterocycles. The summed E-state index contributed by atoms with van der Waals surface area (Å²) in [6.07, 6.45) is 1.75. The number of hydrogen-bond donors (Lipinski definition) is 1. The van der Waals surface area contributed by atoms with E-state index < -0.39 is 5.97 Å². The number of rotatable bonds is 4. The van der Waals surface area contributed by atoms with Gasteiger partial charge in [0, 0.05) is 5.57 Å². The van der Waals surface area contributed by atoms with E-state index in [4.69, 9.17) is 5.11 Å². The standard InChI is InChI=1S/C16H22O2/c1-10(2)13-6-7-14(8-12(5)16(17)18)15(9-13)11(3)4/h6-11H,1-5H3,(H,17,18)/b12-8+. The monoisotopic (exact) mass is 246 g/mol. The van der Waals surface area contributed by atoms with Crippen LogP contribution in [0.1, 0.15) is 63.1 Å². The number of carbonyl (C=O) groups is 1. The molecule has 2 nitrogen and oxygen atoms in total. The maximum atomic E-state index is 10.9. The second kappa shape index (κ2) is 5.85. The van der Waals surface area contributed by atoms with Crippen molar-refractivity contribution in [2.45, 2.75) is 46.5 Å². The van der Waals surface area contributed by atoms with Gasteiger partial charge in [-0.15, -0.1) is 0 Å². The predicted molar refractivity (Wildman–Crippen MR) is 75.9 cm³/mol. The van der Waals surface area contributed by atoms with Gasteiger partial charge in [-0.2, -0.15) is 0 Å². The zero-order chi connectivity index (χ0) is 13.9. The van der Waals surface area contributed by atoms with Crippen molar-refractivity contribution in [1.29, 1.82) is 0 Å². The Hall–Kier alpha value is -1.57. The van der Waals surface area contributed by atoms with Gasteiger partial charge in [-0.3, -0.25) is 0 Å². The molecular weight excluding hydrogens is 224 g/mol. The Balaban J connectivity index is 3.28.